The van der Waals surface area contributed by atoms with E-state index >= 15 is 0 Å². The summed E-state index contributed by atoms with van der Waals surface area (Å²) in [6.07, 6.45) is 9.32. The highest BCUT2D eigenvalue weighted by atomic mass is 15.2. The topological polar surface area (TPSA) is 47.1 Å². The van der Waals surface area contributed by atoms with Crippen LogP contribution in [-0.4, -0.2) is 34.3 Å². The largest absolute Gasteiger partial charge is 0.323 e. The van der Waals surface area contributed by atoms with Crippen LogP contribution in [-0.2, 0) is 7.05 Å². The Morgan fingerprint density at radius 2 is 2.22 bits per heavy atom. The zero-order valence-corrected chi connectivity index (χ0v) is 11.8. The van der Waals surface area contributed by atoms with Crippen molar-refractivity contribution < 1.29 is 0 Å². The number of aryl methyl sites for hydroxylation is 1. The van der Waals surface area contributed by atoms with Crippen LogP contribution in [0.3, 0.4) is 0 Å². The molecule has 0 aromatic carbocycles. The molecule has 3 unspecified atom stereocenters. The maximum absolute atomic E-state index is 6.27. The van der Waals surface area contributed by atoms with Gasteiger partial charge in [0.1, 0.15) is 0 Å². The molecular formula is C14H26N4. The van der Waals surface area contributed by atoms with E-state index < -0.39 is 0 Å². The van der Waals surface area contributed by atoms with Gasteiger partial charge in [-0.3, -0.25) is 4.68 Å². The maximum Gasteiger partial charge on any atom is 0.0537 e. The van der Waals surface area contributed by atoms with Gasteiger partial charge in [-0.15, -0.1) is 0 Å². The number of likely N-dealkylation sites (N-methyl/N-ethyl adjacent to an activating group) is 1. The van der Waals surface area contributed by atoms with Crippen molar-refractivity contribution in [2.45, 2.75) is 44.7 Å². The molecule has 0 radical (unpaired) electrons. The number of nitrogens with two attached hydrogens (primary N) is 1. The summed E-state index contributed by atoms with van der Waals surface area (Å²) in [7, 11) is 4.14. The van der Waals surface area contributed by atoms with Gasteiger partial charge in [0.15, 0.2) is 0 Å². The number of rotatable bonds is 4. The Labute approximate surface area is 110 Å². The molecule has 1 heterocycles. The van der Waals surface area contributed by atoms with Crippen molar-refractivity contribution in [1.82, 2.24) is 14.7 Å². The lowest BCUT2D eigenvalue weighted by Gasteiger charge is -2.37. The predicted molar refractivity (Wildman–Crippen MR) is 74.2 cm³/mol. The van der Waals surface area contributed by atoms with Crippen LogP contribution in [0.25, 0.3) is 0 Å². The van der Waals surface area contributed by atoms with Crippen LogP contribution in [0.2, 0.25) is 0 Å². The minimum absolute atomic E-state index is 0.0674. The van der Waals surface area contributed by atoms with E-state index in [0.29, 0.717) is 6.04 Å². The van der Waals surface area contributed by atoms with Crippen LogP contribution in [0.15, 0.2) is 12.4 Å². The fourth-order valence-corrected chi connectivity index (χ4v) is 3.13. The van der Waals surface area contributed by atoms with Gasteiger partial charge in [0, 0.05) is 37.4 Å². The predicted octanol–water partition coefficient (Wildman–Crippen LogP) is 1.93. The average Bonchev–Trinajstić information content (AvgIpc) is 2.76. The second kappa shape index (κ2) is 5.85. The van der Waals surface area contributed by atoms with Crippen LogP contribution >= 0.6 is 0 Å². The van der Waals surface area contributed by atoms with Crippen molar-refractivity contribution in [3.05, 3.63) is 18.0 Å². The smallest absolute Gasteiger partial charge is 0.0537 e. The summed E-state index contributed by atoms with van der Waals surface area (Å²) < 4.78 is 1.82. The summed E-state index contributed by atoms with van der Waals surface area (Å²) >= 11 is 0. The molecule has 1 aliphatic rings. The van der Waals surface area contributed by atoms with Crippen molar-refractivity contribution in [2.75, 3.05) is 13.6 Å². The molecule has 0 bridgehead atoms. The number of hydrogen-bond donors (Lipinski definition) is 1. The van der Waals surface area contributed by atoms with Gasteiger partial charge < -0.3 is 10.6 Å². The Kier molecular flexibility index (Phi) is 4.40. The summed E-state index contributed by atoms with van der Waals surface area (Å²) in [6, 6.07) is 0.763. The third-order valence-corrected chi connectivity index (χ3v) is 4.27. The SMILES string of the molecule is CC1CCCCC1N(C)CC(N)c1cnn(C)c1. The summed E-state index contributed by atoms with van der Waals surface area (Å²) in [5, 5.41) is 4.19. The molecule has 1 fully saturated rings. The van der Waals surface area contributed by atoms with E-state index in [1.54, 1.807) is 0 Å². The summed E-state index contributed by atoms with van der Waals surface area (Å²) in [5.41, 5.74) is 7.40. The Hall–Kier alpha value is -0.870. The molecule has 0 spiro atoms. The van der Waals surface area contributed by atoms with E-state index in [1.165, 1.54) is 25.7 Å². The van der Waals surface area contributed by atoms with Gasteiger partial charge >= 0.3 is 0 Å². The van der Waals surface area contributed by atoms with Gasteiger partial charge in [-0.25, -0.2) is 0 Å². The fourth-order valence-electron chi connectivity index (χ4n) is 3.13. The first-order chi connectivity index (χ1) is 8.58. The van der Waals surface area contributed by atoms with E-state index in [1.807, 2.05) is 24.1 Å². The molecule has 0 amide bonds. The molecule has 2 rings (SSSR count). The Morgan fingerprint density at radius 3 is 2.83 bits per heavy atom. The average molecular weight is 250 g/mol. The van der Waals surface area contributed by atoms with E-state index in [0.717, 1.165) is 18.0 Å². The highest BCUT2D eigenvalue weighted by molar-refractivity contribution is 5.10. The Bertz CT molecular complexity index is 374. The number of aromatic nitrogens is 2. The molecule has 1 aliphatic carbocycles. The fraction of sp³-hybridized carbons (Fsp3) is 0.786. The van der Waals surface area contributed by atoms with Crippen molar-refractivity contribution in [3.63, 3.8) is 0 Å². The summed E-state index contributed by atoms with van der Waals surface area (Å²) in [4.78, 5) is 2.45. The zero-order valence-electron chi connectivity index (χ0n) is 11.8. The van der Waals surface area contributed by atoms with E-state index in [-0.39, 0.29) is 6.04 Å². The summed E-state index contributed by atoms with van der Waals surface area (Å²) in [5.74, 6) is 0.796. The Balaban J connectivity index is 1.91. The van der Waals surface area contributed by atoms with Crippen molar-refractivity contribution in [3.8, 4) is 0 Å². The first-order valence-electron chi connectivity index (χ1n) is 7.02. The molecule has 102 valence electrons. The second-order valence-electron chi connectivity index (χ2n) is 5.82. The molecule has 4 nitrogen and oxygen atoms in total. The van der Waals surface area contributed by atoms with Crippen molar-refractivity contribution >= 4 is 0 Å². The third-order valence-electron chi connectivity index (χ3n) is 4.27. The maximum atomic E-state index is 6.27. The molecule has 1 saturated carbocycles. The molecule has 18 heavy (non-hydrogen) atoms. The zero-order chi connectivity index (χ0) is 13.1. The molecule has 3 atom stereocenters. The van der Waals surface area contributed by atoms with Gasteiger partial charge in [-0.1, -0.05) is 19.8 Å². The lowest BCUT2D eigenvalue weighted by atomic mass is 9.85. The standard InChI is InChI=1S/C14H26N4/c1-11-6-4-5-7-14(11)17(2)10-13(15)12-8-16-18(3)9-12/h8-9,11,13-14H,4-7,10,15H2,1-3H3. The first kappa shape index (κ1) is 13.6. The molecule has 1 aromatic heterocycles. The minimum atomic E-state index is 0.0674. The molecule has 2 N–H and O–H groups in total. The molecular weight excluding hydrogens is 224 g/mol. The van der Waals surface area contributed by atoms with Crippen LogP contribution in [0, 0.1) is 5.92 Å². The van der Waals surface area contributed by atoms with Gasteiger partial charge in [0.2, 0.25) is 0 Å². The lowest BCUT2D eigenvalue weighted by Crippen LogP contribution is -2.42. The molecule has 0 aliphatic heterocycles. The Morgan fingerprint density at radius 1 is 1.50 bits per heavy atom. The van der Waals surface area contributed by atoms with Crippen LogP contribution in [0.1, 0.15) is 44.2 Å². The summed E-state index contributed by atoms with van der Waals surface area (Å²) in [6.45, 7) is 3.29. The van der Waals surface area contributed by atoms with Crippen LogP contribution < -0.4 is 5.73 Å². The van der Waals surface area contributed by atoms with Gasteiger partial charge in [0.25, 0.3) is 0 Å². The van der Waals surface area contributed by atoms with Gasteiger partial charge in [0.05, 0.1) is 6.20 Å². The normalized spacial score (nSPS) is 26.5. The van der Waals surface area contributed by atoms with Crippen LogP contribution in [0.5, 0.6) is 0 Å². The number of hydrogen-bond acceptors (Lipinski definition) is 3. The minimum Gasteiger partial charge on any atom is -0.323 e. The van der Waals surface area contributed by atoms with Gasteiger partial charge in [-0.05, 0) is 25.8 Å². The highest BCUT2D eigenvalue weighted by Gasteiger charge is 2.26. The third kappa shape index (κ3) is 3.12. The second-order valence-corrected chi connectivity index (χ2v) is 5.82. The van der Waals surface area contributed by atoms with E-state index in [2.05, 4.69) is 24.0 Å². The van der Waals surface area contributed by atoms with E-state index in [9.17, 15) is 0 Å². The monoisotopic (exact) mass is 250 g/mol. The van der Waals surface area contributed by atoms with Crippen molar-refractivity contribution in [2.24, 2.45) is 18.7 Å². The lowest BCUT2D eigenvalue weighted by molar-refractivity contribution is 0.133. The van der Waals surface area contributed by atoms with Crippen LogP contribution in [0.4, 0.5) is 0 Å². The van der Waals surface area contributed by atoms with E-state index in [4.69, 9.17) is 5.73 Å². The quantitative estimate of drug-likeness (QED) is 0.888. The first-order valence-corrected chi connectivity index (χ1v) is 7.02. The molecule has 0 saturated heterocycles. The van der Waals surface area contributed by atoms with Gasteiger partial charge in [-0.2, -0.15) is 5.10 Å². The number of nitrogens with zero attached hydrogens (tertiary/aromatic N) is 3. The van der Waals surface area contributed by atoms with Crippen molar-refractivity contribution in [1.29, 1.82) is 0 Å². The molecule has 4 heteroatoms. The highest BCUT2D eigenvalue weighted by Crippen LogP contribution is 2.28. The molecule has 1 aromatic rings.